The molecule has 0 aromatic heterocycles. The van der Waals surface area contributed by atoms with E-state index in [4.69, 9.17) is 8.85 Å². The molecule has 0 aromatic rings. The lowest BCUT2D eigenvalue weighted by atomic mass is 10.0. The van der Waals surface area contributed by atoms with E-state index in [0.29, 0.717) is 0 Å². The number of rotatable bonds is 25. The van der Waals surface area contributed by atoms with Crippen LogP contribution in [0.1, 0.15) is 148 Å². The van der Waals surface area contributed by atoms with Crippen molar-refractivity contribution in [3.63, 3.8) is 0 Å². The van der Waals surface area contributed by atoms with Gasteiger partial charge in [-0.05, 0) is 12.6 Å². The summed E-state index contributed by atoms with van der Waals surface area (Å²) in [6, 6.07) is 1.14. The third kappa shape index (κ3) is 21.4. The second kappa shape index (κ2) is 23.8. The van der Waals surface area contributed by atoms with E-state index >= 15 is 0 Å². The molecule has 0 aromatic carbocycles. The number of hydrogen-bond acceptors (Lipinski definition) is 2. The Balaban J connectivity index is 3.10. The van der Waals surface area contributed by atoms with Crippen molar-refractivity contribution < 1.29 is 8.85 Å². The van der Waals surface area contributed by atoms with Crippen LogP contribution in [0, 0.1) is 0 Å². The predicted octanol–water partition coefficient (Wildman–Crippen LogP) is 9.95. The van der Waals surface area contributed by atoms with Crippen molar-refractivity contribution in [3.8, 4) is 0 Å². The van der Waals surface area contributed by atoms with E-state index in [1.165, 1.54) is 141 Å². The molecule has 0 amide bonds. The predicted molar refractivity (Wildman–Crippen MR) is 138 cm³/mol. The van der Waals surface area contributed by atoms with Crippen molar-refractivity contribution in [2.75, 3.05) is 14.2 Å². The highest BCUT2D eigenvalue weighted by Crippen LogP contribution is 2.18. The second-order valence-corrected chi connectivity index (χ2v) is 13.3. The number of hydrogen-bond donors (Lipinski definition) is 0. The maximum absolute atomic E-state index is 5.55. The van der Waals surface area contributed by atoms with Crippen LogP contribution >= 0.6 is 0 Å². The fourth-order valence-corrected chi connectivity index (χ4v) is 5.81. The first-order valence-corrected chi connectivity index (χ1v) is 16.3. The van der Waals surface area contributed by atoms with Gasteiger partial charge < -0.3 is 8.85 Å². The fourth-order valence-electron chi connectivity index (χ4n) is 4.34. The van der Waals surface area contributed by atoms with Crippen LogP contribution in [0.5, 0.6) is 0 Å². The SMILES string of the molecule is CCCCCCCCCCCCCCCCCCCCCCCC[Si](C)(OC)OC. The first-order chi connectivity index (χ1) is 14.7. The molecule has 0 atom stereocenters. The first-order valence-electron chi connectivity index (χ1n) is 13.8. The highest BCUT2D eigenvalue weighted by molar-refractivity contribution is 6.65. The van der Waals surface area contributed by atoms with Gasteiger partial charge >= 0.3 is 8.56 Å². The molecule has 182 valence electrons. The lowest BCUT2D eigenvalue weighted by Crippen LogP contribution is -2.35. The molecule has 0 fully saturated rings. The molecule has 0 bridgehead atoms. The third-order valence-electron chi connectivity index (χ3n) is 6.85. The molecule has 0 spiro atoms. The summed E-state index contributed by atoms with van der Waals surface area (Å²) in [6.07, 6.45) is 31.7. The second-order valence-electron chi connectivity index (χ2n) is 9.72. The molecule has 0 aliphatic carbocycles. The van der Waals surface area contributed by atoms with Crippen LogP contribution in [0.3, 0.4) is 0 Å². The zero-order chi connectivity index (χ0) is 22.2. The Kier molecular flexibility index (Phi) is 23.9. The summed E-state index contributed by atoms with van der Waals surface area (Å²) < 4.78 is 11.1. The summed E-state index contributed by atoms with van der Waals surface area (Å²) in [5, 5.41) is 0. The van der Waals surface area contributed by atoms with E-state index < -0.39 is 8.56 Å². The minimum Gasteiger partial charge on any atom is -0.398 e. The van der Waals surface area contributed by atoms with Crippen molar-refractivity contribution in [2.45, 2.75) is 161 Å². The molecular weight excluding hydrogens is 384 g/mol. The molecule has 0 rings (SSSR count). The van der Waals surface area contributed by atoms with Gasteiger partial charge in [-0.1, -0.05) is 148 Å². The lowest BCUT2D eigenvalue weighted by Gasteiger charge is -2.22. The Hall–Kier alpha value is 0.137. The summed E-state index contributed by atoms with van der Waals surface area (Å²) in [4.78, 5) is 0. The quantitative estimate of drug-likeness (QED) is 0.103. The topological polar surface area (TPSA) is 18.5 Å². The molecule has 0 radical (unpaired) electrons. The minimum atomic E-state index is -1.81. The molecule has 3 heteroatoms. The average molecular weight is 443 g/mol. The van der Waals surface area contributed by atoms with Gasteiger partial charge in [0.25, 0.3) is 0 Å². The first kappa shape index (κ1) is 30.1. The molecule has 0 heterocycles. The molecule has 0 saturated carbocycles. The fraction of sp³-hybridized carbons (Fsp3) is 1.00. The Morgan fingerprint density at radius 2 is 0.633 bits per heavy atom. The van der Waals surface area contributed by atoms with Gasteiger partial charge in [0, 0.05) is 14.2 Å². The van der Waals surface area contributed by atoms with E-state index in [-0.39, 0.29) is 0 Å². The maximum Gasteiger partial charge on any atom is 0.334 e. The molecule has 0 N–H and O–H groups in total. The maximum atomic E-state index is 5.55. The average Bonchev–Trinajstić information content (AvgIpc) is 2.77. The molecular formula is C27H58O2Si. The molecule has 0 aliphatic heterocycles. The monoisotopic (exact) mass is 442 g/mol. The summed E-state index contributed by atoms with van der Waals surface area (Å²) in [5.41, 5.74) is 0. The van der Waals surface area contributed by atoms with Crippen LogP contribution in [0.15, 0.2) is 0 Å². The largest absolute Gasteiger partial charge is 0.398 e. The summed E-state index contributed by atoms with van der Waals surface area (Å²) in [7, 11) is 1.79. The van der Waals surface area contributed by atoms with Crippen LogP contribution in [-0.4, -0.2) is 22.8 Å². The Morgan fingerprint density at radius 3 is 0.867 bits per heavy atom. The normalized spacial score (nSPS) is 12.0. The molecule has 2 nitrogen and oxygen atoms in total. The van der Waals surface area contributed by atoms with Gasteiger partial charge in [-0.15, -0.1) is 0 Å². The van der Waals surface area contributed by atoms with Crippen molar-refractivity contribution in [3.05, 3.63) is 0 Å². The van der Waals surface area contributed by atoms with E-state index in [0.717, 1.165) is 6.04 Å². The van der Waals surface area contributed by atoms with Gasteiger partial charge in [-0.25, -0.2) is 0 Å². The zero-order valence-corrected chi connectivity index (χ0v) is 22.6. The van der Waals surface area contributed by atoms with Crippen molar-refractivity contribution in [1.82, 2.24) is 0 Å². The van der Waals surface area contributed by atoms with Gasteiger partial charge in [-0.2, -0.15) is 0 Å². The van der Waals surface area contributed by atoms with Crippen LogP contribution in [0.25, 0.3) is 0 Å². The van der Waals surface area contributed by atoms with E-state index in [2.05, 4.69) is 13.5 Å². The van der Waals surface area contributed by atoms with Crippen LogP contribution in [0.4, 0.5) is 0 Å². The Morgan fingerprint density at radius 1 is 0.400 bits per heavy atom. The van der Waals surface area contributed by atoms with Crippen LogP contribution in [-0.2, 0) is 8.85 Å². The molecule has 30 heavy (non-hydrogen) atoms. The van der Waals surface area contributed by atoms with Crippen molar-refractivity contribution >= 4 is 8.56 Å². The molecule has 0 unspecified atom stereocenters. The third-order valence-corrected chi connectivity index (χ3v) is 9.84. The summed E-state index contributed by atoms with van der Waals surface area (Å²) in [5.74, 6) is 0. The molecule has 0 aliphatic rings. The Labute approximate surface area is 192 Å². The van der Waals surface area contributed by atoms with Crippen LogP contribution in [0.2, 0.25) is 12.6 Å². The summed E-state index contributed by atoms with van der Waals surface area (Å²) >= 11 is 0. The van der Waals surface area contributed by atoms with Gasteiger partial charge in [0.05, 0.1) is 0 Å². The van der Waals surface area contributed by atoms with Gasteiger partial charge in [0.1, 0.15) is 0 Å². The minimum absolute atomic E-state index is 1.14. The summed E-state index contributed by atoms with van der Waals surface area (Å²) in [6.45, 7) is 4.47. The van der Waals surface area contributed by atoms with Crippen LogP contribution < -0.4 is 0 Å². The molecule has 0 saturated heterocycles. The standard InChI is InChI=1S/C27H58O2Si/c1-5-6-7-8-9-10-11-12-13-14-15-16-17-18-19-20-21-22-23-24-25-26-27-30(4,28-2)29-3/h5-27H2,1-4H3. The Bertz CT molecular complexity index is 318. The van der Waals surface area contributed by atoms with E-state index in [9.17, 15) is 0 Å². The van der Waals surface area contributed by atoms with Gasteiger partial charge in [0.2, 0.25) is 0 Å². The zero-order valence-electron chi connectivity index (χ0n) is 21.6. The van der Waals surface area contributed by atoms with Crippen molar-refractivity contribution in [2.24, 2.45) is 0 Å². The number of unbranched alkanes of at least 4 members (excludes halogenated alkanes) is 21. The van der Waals surface area contributed by atoms with Gasteiger partial charge in [-0.3, -0.25) is 0 Å². The highest BCUT2D eigenvalue weighted by Gasteiger charge is 2.27. The van der Waals surface area contributed by atoms with E-state index in [1.807, 2.05) is 0 Å². The van der Waals surface area contributed by atoms with Crippen molar-refractivity contribution in [1.29, 1.82) is 0 Å². The van der Waals surface area contributed by atoms with Gasteiger partial charge in [0.15, 0.2) is 0 Å². The smallest absolute Gasteiger partial charge is 0.334 e. The lowest BCUT2D eigenvalue weighted by molar-refractivity contribution is 0.248. The van der Waals surface area contributed by atoms with E-state index in [1.54, 1.807) is 14.2 Å². The highest BCUT2D eigenvalue weighted by atomic mass is 28.4.